The van der Waals surface area contributed by atoms with E-state index in [0.717, 1.165) is 26.2 Å². The third kappa shape index (κ3) is 3.41. The standard InChI is InChI=1S/C13H24N4/c1-11-8-16(3)6-7-17(11)10-13(2,9-14)15-12-4-5-12/h11-12,15H,4-8,10H2,1-3H3. The van der Waals surface area contributed by atoms with Crippen LogP contribution >= 0.6 is 0 Å². The highest BCUT2D eigenvalue weighted by molar-refractivity contribution is 5.09. The van der Waals surface area contributed by atoms with Gasteiger partial charge in [0.05, 0.1) is 6.07 Å². The molecule has 17 heavy (non-hydrogen) atoms. The summed E-state index contributed by atoms with van der Waals surface area (Å²) in [5.41, 5.74) is -0.384. The molecule has 2 rings (SSSR count). The van der Waals surface area contributed by atoms with E-state index in [2.05, 4.69) is 35.2 Å². The normalized spacial score (nSPS) is 30.8. The van der Waals surface area contributed by atoms with Crippen molar-refractivity contribution in [2.24, 2.45) is 0 Å². The second-order valence-electron chi connectivity index (χ2n) is 5.94. The second-order valence-corrected chi connectivity index (χ2v) is 5.94. The number of rotatable bonds is 4. The molecule has 0 aromatic heterocycles. The first kappa shape index (κ1) is 12.8. The first-order chi connectivity index (χ1) is 8.02. The topological polar surface area (TPSA) is 42.3 Å². The van der Waals surface area contributed by atoms with Crippen LogP contribution in [0, 0.1) is 11.3 Å². The van der Waals surface area contributed by atoms with Crippen molar-refractivity contribution in [3.8, 4) is 6.07 Å². The van der Waals surface area contributed by atoms with Gasteiger partial charge in [-0.05, 0) is 33.7 Å². The number of likely N-dealkylation sites (N-methyl/N-ethyl adjacent to an activating group) is 1. The average molecular weight is 236 g/mol. The highest BCUT2D eigenvalue weighted by atomic mass is 15.3. The van der Waals surface area contributed by atoms with E-state index in [-0.39, 0.29) is 5.54 Å². The lowest BCUT2D eigenvalue weighted by Gasteiger charge is -2.41. The number of piperazine rings is 1. The van der Waals surface area contributed by atoms with Crippen LogP contribution in [0.3, 0.4) is 0 Å². The first-order valence-electron chi connectivity index (χ1n) is 6.64. The molecular weight excluding hydrogens is 212 g/mol. The molecule has 0 spiro atoms. The zero-order valence-corrected chi connectivity index (χ0v) is 11.2. The van der Waals surface area contributed by atoms with Crippen molar-refractivity contribution in [3.63, 3.8) is 0 Å². The summed E-state index contributed by atoms with van der Waals surface area (Å²) in [5.74, 6) is 0. The number of nitrogens with one attached hydrogen (secondary N) is 1. The molecule has 1 aliphatic carbocycles. The van der Waals surface area contributed by atoms with Crippen LogP contribution in [0.4, 0.5) is 0 Å². The fourth-order valence-electron chi connectivity index (χ4n) is 2.61. The van der Waals surface area contributed by atoms with Crippen LogP contribution in [-0.4, -0.2) is 60.6 Å². The molecule has 0 bridgehead atoms. The van der Waals surface area contributed by atoms with Crippen molar-refractivity contribution in [1.29, 1.82) is 5.26 Å². The first-order valence-corrected chi connectivity index (χ1v) is 6.64. The lowest BCUT2D eigenvalue weighted by molar-refractivity contribution is 0.0826. The molecule has 1 saturated heterocycles. The number of hydrogen-bond acceptors (Lipinski definition) is 4. The molecule has 2 atom stereocenters. The van der Waals surface area contributed by atoms with Crippen molar-refractivity contribution >= 4 is 0 Å². The van der Waals surface area contributed by atoms with Gasteiger partial charge in [0.15, 0.2) is 0 Å². The van der Waals surface area contributed by atoms with Crippen LogP contribution in [0.2, 0.25) is 0 Å². The Morgan fingerprint density at radius 3 is 2.65 bits per heavy atom. The summed E-state index contributed by atoms with van der Waals surface area (Å²) in [5, 5.41) is 12.9. The summed E-state index contributed by atoms with van der Waals surface area (Å²) in [7, 11) is 2.17. The minimum Gasteiger partial charge on any atom is -0.304 e. The number of nitrogens with zero attached hydrogens (tertiary/aromatic N) is 3. The summed E-state index contributed by atoms with van der Waals surface area (Å²) < 4.78 is 0. The average Bonchev–Trinajstić information content (AvgIpc) is 3.06. The molecule has 2 fully saturated rings. The van der Waals surface area contributed by atoms with Crippen LogP contribution in [0.25, 0.3) is 0 Å². The maximum absolute atomic E-state index is 9.38. The molecule has 1 N–H and O–H groups in total. The van der Waals surface area contributed by atoms with E-state index in [4.69, 9.17) is 0 Å². The Hall–Kier alpha value is -0.630. The van der Waals surface area contributed by atoms with Crippen LogP contribution < -0.4 is 5.32 Å². The van der Waals surface area contributed by atoms with Crippen LogP contribution in [0.5, 0.6) is 0 Å². The predicted molar refractivity (Wildman–Crippen MR) is 68.7 cm³/mol. The fraction of sp³-hybridized carbons (Fsp3) is 0.923. The van der Waals surface area contributed by atoms with Crippen LogP contribution in [0.1, 0.15) is 26.7 Å². The number of nitriles is 1. The van der Waals surface area contributed by atoms with Gasteiger partial charge in [0, 0.05) is 38.3 Å². The highest BCUT2D eigenvalue weighted by Gasteiger charge is 2.35. The Kier molecular flexibility index (Phi) is 3.72. The quantitative estimate of drug-likeness (QED) is 0.778. The van der Waals surface area contributed by atoms with E-state index in [1.54, 1.807) is 0 Å². The summed E-state index contributed by atoms with van der Waals surface area (Å²) in [6, 6.07) is 3.59. The van der Waals surface area contributed by atoms with Crippen LogP contribution in [0.15, 0.2) is 0 Å². The van der Waals surface area contributed by atoms with Gasteiger partial charge in [-0.1, -0.05) is 0 Å². The lowest BCUT2D eigenvalue weighted by Crippen LogP contribution is -2.58. The van der Waals surface area contributed by atoms with Gasteiger partial charge in [-0.25, -0.2) is 0 Å². The van der Waals surface area contributed by atoms with Crippen molar-refractivity contribution in [2.75, 3.05) is 33.2 Å². The molecular formula is C13H24N4. The Balaban J connectivity index is 1.91. The predicted octanol–water partition coefficient (Wildman–Crippen LogP) is 0.657. The van der Waals surface area contributed by atoms with Crippen molar-refractivity contribution in [1.82, 2.24) is 15.1 Å². The molecule has 1 saturated carbocycles. The Morgan fingerprint density at radius 2 is 2.12 bits per heavy atom. The van der Waals surface area contributed by atoms with Crippen molar-refractivity contribution in [3.05, 3.63) is 0 Å². The monoisotopic (exact) mass is 236 g/mol. The van der Waals surface area contributed by atoms with E-state index < -0.39 is 0 Å². The van der Waals surface area contributed by atoms with Gasteiger partial charge in [-0.3, -0.25) is 10.2 Å². The molecule has 0 radical (unpaired) electrons. The molecule has 1 heterocycles. The summed E-state index contributed by atoms with van der Waals surface area (Å²) in [6.07, 6.45) is 2.46. The van der Waals surface area contributed by atoms with E-state index in [1.807, 2.05) is 6.92 Å². The molecule has 0 aromatic carbocycles. The Morgan fingerprint density at radius 1 is 1.41 bits per heavy atom. The zero-order valence-electron chi connectivity index (χ0n) is 11.2. The maximum atomic E-state index is 9.38. The SMILES string of the molecule is CC1CN(C)CCN1CC(C)(C#N)NC1CC1. The van der Waals surface area contributed by atoms with E-state index in [0.29, 0.717) is 12.1 Å². The van der Waals surface area contributed by atoms with E-state index >= 15 is 0 Å². The molecule has 2 unspecified atom stereocenters. The number of hydrogen-bond donors (Lipinski definition) is 1. The summed E-state index contributed by atoms with van der Waals surface area (Å²) in [6.45, 7) is 8.41. The molecule has 2 aliphatic rings. The molecule has 96 valence electrons. The molecule has 1 aliphatic heterocycles. The van der Waals surface area contributed by atoms with Crippen molar-refractivity contribution < 1.29 is 0 Å². The minimum absolute atomic E-state index is 0.384. The van der Waals surface area contributed by atoms with Gasteiger partial charge < -0.3 is 4.90 Å². The van der Waals surface area contributed by atoms with E-state index in [9.17, 15) is 5.26 Å². The highest BCUT2D eigenvalue weighted by Crippen LogP contribution is 2.23. The van der Waals surface area contributed by atoms with Gasteiger partial charge in [0.2, 0.25) is 0 Å². The minimum atomic E-state index is -0.384. The Labute approximate surface area is 105 Å². The largest absolute Gasteiger partial charge is 0.304 e. The van der Waals surface area contributed by atoms with E-state index in [1.165, 1.54) is 12.8 Å². The van der Waals surface area contributed by atoms with Gasteiger partial charge >= 0.3 is 0 Å². The van der Waals surface area contributed by atoms with Gasteiger partial charge in [-0.15, -0.1) is 0 Å². The van der Waals surface area contributed by atoms with Crippen LogP contribution in [-0.2, 0) is 0 Å². The van der Waals surface area contributed by atoms with Crippen molar-refractivity contribution in [2.45, 2.75) is 44.3 Å². The molecule has 0 aromatic rings. The third-order valence-electron chi connectivity index (χ3n) is 3.83. The molecule has 4 heteroatoms. The zero-order chi connectivity index (χ0) is 12.5. The third-order valence-corrected chi connectivity index (χ3v) is 3.83. The fourth-order valence-corrected chi connectivity index (χ4v) is 2.61. The van der Waals surface area contributed by atoms with Gasteiger partial charge in [0.25, 0.3) is 0 Å². The summed E-state index contributed by atoms with van der Waals surface area (Å²) in [4.78, 5) is 4.80. The smallest absolute Gasteiger partial charge is 0.116 e. The van der Waals surface area contributed by atoms with Gasteiger partial charge in [-0.2, -0.15) is 5.26 Å². The lowest BCUT2D eigenvalue weighted by atomic mass is 10.0. The summed E-state index contributed by atoms with van der Waals surface area (Å²) >= 11 is 0. The molecule has 0 amide bonds. The Bertz CT molecular complexity index is 307. The van der Waals surface area contributed by atoms with Gasteiger partial charge in [0.1, 0.15) is 5.54 Å². The molecule has 4 nitrogen and oxygen atoms in total. The maximum Gasteiger partial charge on any atom is 0.116 e. The second kappa shape index (κ2) is 4.93.